The number of amides is 1. The van der Waals surface area contributed by atoms with Gasteiger partial charge in [0.1, 0.15) is 0 Å². The smallest absolute Gasteiger partial charge is 0.239 e. The lowest BCUT2D eigenvalue weighted by Gasteiger charge is -2.25. The fraction of sp³-hybridized carbons (Fsp3) is 0.263. The summed E-state index contributed by atoms with van der Waals surface area (Å²) in [5.41, 5.74) is 3.29. The lowest BCUT2D eigenvalue weighted by atomic mass is 10.1. The third kappa shape index (κ3) is 3.50. The molecule has 1 aliphatic heterocycles. The van der Waals surface area contributed by atoms with Crippen molar-refractivity contribution in [3.05, 3.63) is 64.0 Å². The molecule has 1 aromatic carbocycles. The van der Waals surface area contributed by atoms with E-state index in [0.29, 0.717) is 12.4 Å². The molecule has 5 nitrogen and oxygen atoms in total. The molecule has 3 heterocycles. The molecule has 0 atom stereocenters. The summed E-state index contributed by atoms with van der Waals surface area (Å²) >= 11 is 1.81. The predicted molar refractivity (Wildman–Crippen MR) is 100 cm³/mol. The van der Waals surface area contributed by atoms with Crippen molar-refractivity contribution in [2.75, 3.05) is 18.4 Å². The molecule has 6 heteroatoms. The van der Waals surface area contributed by atoms with Gasteiger partial charge in [0, 0.05) is 29.7 Å². The molecule has 4 rings (SSSR count). The van der Waals surface area contributed by atoms with Crippen LogP contribution in [0.3, 0.4) is 0 Å². The number of carbonyl (C=O) groups excluding carboxylic acids is 1. The zero-order valence-electron chi connectivity index (χ0n) is 14.1. The van der Waals surface area contributed by atoms with Crippen LogP contribution in [0.2, 0.25) is 0 Å². The lowest BCUT2D eigenvalue weighted by Crippen LogP contribution is -2.36. The Morgan fingerprint density at radius 2 is 2.12 bits per heavy atom. The Kier molecular flexibility index (Phi) is 4.38. The maximum absolute atomic E-state index is 12.4. The van der Waals surface area contributed by atoms with Gasteiger partial charge in [-0.05, 0) is 42.5 Å². The first-order valence-corrected chi connectivity index (χ1v) is 9.26. The summed E-state index contributed by atoms with van der Waals surface area (Å²) in [6, 6.07) is 12.1. The van der Waals surface area contributed by atoms with Gasteiger partial charge in [-0.25, -0.2) is 4.68 Å². The van der Waals surface area contributed by atoms with Gasteiger partial charge in [0.05, 0.1) is 12.2 Å². The van der Waals surface area contributed by atoms with Gasteiger partial charge in [0.25, 0.3) is 0 Å². The summed E-state index contributed by atoms with van der Waals surface area (Å²) in [7, 11) is 0. The van der Waals surface area contributed by atoms with Crippen LogP contribution in [0, 0.1) is 6.92 Å². The summed E-state index contributed by atoms with van der Waals surface area (Å²) in [6.07, 6.45) is 2.96. The Hall–Kier alpha value is -2.44. The Labute approximate surface area is 150 Å². The highest BCUT2D eigenvalue weighted by Gasteiger charge is 2.20. The number of rotatable bonds is 4. The van der Waals surface area contributed by atoms with Gasteiger partial charge < -0.3 is 5.32 Å². The largest absolute Gasteiger partial charge is 0.308 e. The van der Waals surface area contributed by atoms with Gasteiger partial charge in [-0.3, -0.25) is 9.69 Å². The fourth-order valence-corrected chi connectivity index (χ4v) is 4.00. The van der Waals surface area contributed by atoms with Crippen molar-refractivity contribution >= 4 is 23.1 Å². The number of hydrogen-bond acceptors (Lipinski definition) is 4. The normalized spacial score (nSPS) is 14.3. The highest BCUT2D eigenvalue weighted by Crippen LogP contribution is 2.24. The minimum atomic E-state index is -0.0138. The minimum Gasteiger partial charge on any atom is -0.308 e. The van der Waals surface area contributed by atoms with E-state index < -0.39 is 0 Å². The van der Waals surface area contributed by atoms with Crippen molar-refractivity contribution in [3.63, 3.8) is 0 Å². The number of aromatic nitrogens is 2. The third-order valence-electron chi connectivity index (χ3n) is 4.43. The summed E-state index contributed by atoms with van der Waals surface area (Å²) in [5, 5.41) is 9.60. The molecule has 1 N–H and O–H groups in total. The molecule has 25 heavy (non-hydrogen) atoms. The lowest BCUT2D eigenvalue weighted by molar-refractivity contribution is -0.117. The van der Waals surface area contributed by atoms with E-state index in [0.717, 1.165) is 30.8 Å². The number of nitrogens with one attached hydrogen (secondary N) is 1. The Morgan fingerprint density at radius 1 is 1.28 bits per heavy atom. The van der Waals surface area contributed by atoms with E-state index in [9.17, 15) is 4.79 Å². The number of carbonyl (C=O) groups is 1. The minimum absolute atomic E-state index is 0.0138. The molecule has 128 valence electrons. The Morgan fingerprint density at radius 3 is 2.96 bits per heavy atom. The Balaban J connectivity index is 1.41. The van der Waals surface area contributed by atoms with Crippen molar-refractivity contribution in [3.8, 4) is 5.69 Å². The van der Waals surface area contributed by atoms with Crippen LogP contribution in [0.5, 0.6) is 0 Å². The van der Waals surface area contributed by atoms with Crippen LogP contribution < -0.4 is 5.32 Å². The molecule has 0 bridgehead atoms. The van der Waals surface area contributed by atoms with E-state index in [1.165, 1.54) is 10.4 Å². The SMILES string of the molecule is Cc1cn(-c2ccccc2)nc1NC(=O)CN1CCc2sccc2C1. The topological polar surface area (TPSA) is 50.2 Å². The number of hydrogen-bond donors (Lipinski definition) is 1. The molecule has 1 aliphatic rings. The van der Waals surface area contributed by atoms with Gasteiger partial charge in [-0.15, -0.1) is 16.4 Å². The summed E-state index contributed by atoms with van der Waals surface area (Å²) in [6.45, 7) is 4.13. The van der Waals surface area contributed by atoms with Gasteiger partial charge in [-0.2, -0.15) is 0 Å². The second-order valence-electron chi connectivity index (χ2n) is 6.32. The maximum Gasteiger partial charge on any atom is 0.239 e. The molecule has 1 amide bonds. The fourth-order valence-electron chi connectivity index (χ4n) is 3.11. The van der Waals surface area contributed by atoms with E-state index in [4.69, 9.17) is 0 Å². The van der Waals surface area contributed by atoms with Crippen LogP contribution >= 0.6 is 11.3 Å². The zero-order valence-corrected chi connectivity index (χ0v) is 14.9. The van der Waals surface area contributed by atoms with Crippen molar-refractivity contribution < 1.29 is 4.79 Å². The molecule has 0 fully saturated rings. The number of nitrogens with zero attached hydrogens (tertiary/aromatic N) is 3. The second-order valence-corrected chi connectivity index (χ2v) is 7.32. The summed E-state index contributed by atoms with van der Waals surface area (Å²) in [4.78, 5) is 16.1. The average molecular weight is 352 g/mol. The van der Waals surface area contributed by atoms with Crippen LogP contribution in [0.4, 0.5) is 5.82 Å². The monoisotopic (exact) mass is 352 g/mol. The Bertz CT molecular complexity index is 884. The van der Waals surface area contributed by atoms with E-state index in [1.54, 1.807) is 4.68 Å². The summed E-state index contributed by atoms with van der Waals surface area (Å²) in [5.74, 6) is 0.613. The molecule has 3 aromatic rings. The van der Waals surface area contributed by atoms with Crippen LogP contribution in [0.25, 0.3) is 5.69 Å². The molecule has 0 saturated heterocycles. The van der Waals surface area contributed by atoms with E-state index in [1.807, 2.05) is 54.8 Å². The number of fused-ring (bicyclic) bond motifs is 1. The number of thiophene rings is 1. The highest BCUT2D eigenvalue weighted by molar-refractivity contribution is 7.10. The number of aryl methyl sites for hydroxylation is 1. The maximum atomic E-state index is 12.4. The van der Waals surface area contributed by atoms with Gasteiger partial charge in [-0.1, -0.05) is 18.2 Å². The zero-order chi connectivity index (χ0) is 17.2. The first-order valence-electron chi connectivity index (χ1n) is 8.38. The third-order valence-corrected chi connectivity index (χ3v) is 5.45. The number of benzene rings is 1. The van der Waals surface area contributed by atoms with Crippen LogP contribution in [-0.2, 0) is 17.8 Å². The molecule has 0 saturated carbocycles. The van der Waals surface area contributed by atoms with E-state index in [2.05, 4.69) is 26.8 Å². The molecule has 0 aliphatic carbocycles. The number of para-hydroxylation sites is 1. The van der Waals surface area contributed by atoms with E-state index >= 15 is 0 Å². The molecule has 2 aromatic heterocycles. The van der Waals surface area contributed by atoms with Gasteiger partial charge in [0.15, 0.2) is 5.82 Å². The van der Waals surface area contributed by atoms with Crippen molar-refractivity contribution in [1.29, 1.82) is 0 Å². The first-order chi connectivity index (χ1) is 12.2. The molecule has 0 radical (unpaired) electrons. The van der Waals surface area contributed by atoms with Crippen molar-refractivity contribution in [1.82, 2.24) is 14.7 Å². The van der Waals surface area contributed by atoms with Gasteiger partial charge >= 0.3 is 0 Å². The predicted octanol–water partition coefficient (Wildman–Crippen LogP) is 3.24. The van der Waals surface area contributed by atoms with Crippen LogP contribution in [0.1, 0.15) is 16.0 Å². The average Bonchev–Trinajstić information content (AvgIpc) is 3.22. The van der Waals surface area contributed by atoms with Crippen LogP contribution in [-0.4, -0.2) is 33.7 Å². The highest BCUT2D eigenvalue weighted by atomic mass is 32.1. The summed E-state index contributed by atoms with van der Waals surface area (Å²) < 4.78 is 1.80. The molecule has 0 unspecified atom stereocenters. The van der Waals surface area contributed by atoms with Crippen molar-refractivity contribution in [2.24, 2.45) is 0 Å². The number of anilines is 1. The van der Waals surface area contributed by atoms with Crippen LogP contribution in [0.15, 0.2) is 48.0 Å². The molecular formula is C19H20N4OS. The van der Waals surface area contributed by atoms with Gasteiger partial charge in [0.2, 0.25) is 5.91 Å². The van der Waals surface area contributed by atoms with E-state index in [-0.39, 0.29) is 5.91 Å². The second kappa shape index (κ2) is 6.82. The molecule has 0 spiro atoms. The first kappa shape index (κ1) is 16.1. The quantitative estimate of drug-likeness (QED) is 0.784. The molecular weight excluding hydrogens is 332 g/mol. The van der Waals surface area contributed by atoms with Crippen molar-refractivity contribution in [2.45, 2.75) is 19.9 Å². The standard InChI is InChI=1S/C19H20N4OS/c1-14-11-23(16-5-3-2-4-6-16)21-19(14)20-18(24)13-22-9-7-17-15(12-22)8-10-25-17/h2-6,8,10-11H,7,9,12-13H2,1H3,(H,20,21,24).